The highest BCUT2D eigenvalue weighted by Gasteiger charge is 2.30. The number of nitrogens with zero attached hydrogens (tertiary/aromatic N) is 2. The van der Waals surface area contributed by atoms with Crippen LogP contribution in [-0.4, -0.2) is 41.6 Å². The minimum Gasteiger partial charge on any atom is -0.306 e. The Bertz CT molecular complexity index is 974. The highest BCUT2D eigenvalue weighted by molar-refractivity contribution is 7.91. The number of urea groups is 1. The first-order chi connectivity index (χ1) is 12.2. The van der Waals surface area contributed by atoms with Gasteiger partial charge in [-0.2, -0.15) is 5.10 Å². The fourth-order valence-corrected chi connectivity index (χ4v) is 4.72. The van der Waals surface area contributed by atoms with E-state index in [-0.39, 0.29) is 28.1 Å². The minimum absolute atomic E-state index is 0.00864. The summed E-state index contributed by atoms with van der Waals surface area (Å²) in [4.78, 5) is 24.1. The summed E-state index contributed by atoms with van der Waals surface area (Å²) in [5.74, 6) is -0.575. The van der Waals surface area contributed by atoms with Crippen molar-refractivity contribution in [2.75, 3.05) is 16.8 Å². The fraction of sp³-hybridized carbons (Fsp3) is 0.267. The maximum Gasteiger partial charge on any atom is 0.326 e. The number of sulfone groups is 1. The second kappa shape index (κ2) is 7.26. The van der Waals surface area contributed by atoms with Gasteiger partial charge in [-0.1, -0.05) is 23.2 Å². The molecule has 0 saturated carbocycles. The molecule has 1 aliphatic rings. The molecule has 2 aromatic rings. The summed E-state index contributed by atoms with van der Waals surface area (Å²) in [7, 11) is -3.06. The zero-order chi connectivity index (χ0) is 18.9. The normalized spacial score (nSPS) is 18.5. The van der Waals surface area contributed by atoms with Crippen LogP contribution in [0.3, 0.4) is 0 Å². The minimum atomic E-state index is -3.06. The first kappa shape index (κ1) is 18.7. The zero-order valence-electron chi connectivity index (χ0n) is 13.3. The van der Waals surface area contributed by atoms with Gasteiger partial charge in [-0.25, -0.2) is 13.2 Å². The van der Waals surface area contributed by atoms with Crippen LogP contribution in [0.4, 0.5) is 10.5 Å². The number of imide groups is 1. The molecular formula is C15H14Cl2N4O4S. The Hall–Kier alpha value is -2.10. The number of halogens is 2. The number of aromatic nitrogens is 2. The first-order valence-electron chi connectivity index (χ1n) is 7.55. The van der Waals surface area contributed by atoms with Crippen molar-refractivity contribution in [3.63, 3.8) is 0 Å². The number of carbonyl (C=O) groups is 2. The number of benzene rings is 1. The van der Waals surface area contributed by atoms with Crippen molar-refractivity contribution in [1.82, 2.24) is 15.1 Å². The molecule has 1 atom stereocenters. The van der Waals surface area contributed by atoms with Gasteiger partial charge in [0.05, 0.1) is 40.0 Å². The zero-order valence-corrected chi connectivity index (χ0v) is 15.6. The lowest BCUT2D eigenvalue weighted by Gasteiger charge is -2.08. The summed E-state index contributed by atoms with van der Waals surface area (Å²) >= 11 is 11.7. The Morgan fingerprint density at radius 3 is 2.69 bits per heavy atom. The van der Waals surface area contributed by atoms with Crippen LogP contribution in [0.25, 0.3) is 0 Å². The third-order valence-electron chi connectivity index (χ3n) is 3.85. The van der Waals surface area contributed by atoms with Crippen LogP contribution < -0.4 is 10.6 Å². The van der Waals surface area contributed by atoms with E-state index in [9.17, 15) is 18.0 Å². The van der Waals surface area contributed by atoms with E-state index in [0.717, 1.165) is 0 Å². The molecule has 138 valence electrons. The molecule has 11 heteroatoms. The number of amides is 3. The van der Waals surface area contributed by atoms with Crippen molar-refractivity contribution in [1.29, 1.82) is 0 Å². The van der Waals surface area contributed by atoms with Gasteiger partial charge in [0.2, 0.25) is 0 Å². The standard InChI is InChI=1S/C15H14Cl2N4O4S/c16-10-1-2-13(12(17)5-10)19-15(23)20-14(22)9-6-18-21(7-9)11-3-4-26(24,25)8-11/h1-2,5-7,11H,3-4,8H2,(H2,19,20,22,23). The van der Waals surface area contributed by atoms with E-state index in [4.69, 9.17) is 23.2 Å². The number of carbonyl (C=O) groups excluding carboxylic acids is 2. The quantitative estimate of drug-likeness (QED) is 0.798. The molecule has 0 spiro atoms. The van der Waals surface area contributed by atoms with Gasteiger partial charge < -0.3 is 5.32 Å². The average Bonchev–Trinajstić information content (AvgIpc) is 3.16. The average molecular weight is 417 g/mol. The SMILES string of the molecule is O=C(NC(=O)c1cnn(C2CCS(=O)(=O)C2)c1)Nc1ccc(Cl)cc1Cl. The van der Waals surface area contributed by atoms with Crippen molar-refractivity contribution in [2.45, 2.75) is 12.5 Å². The molecule has 26 heavy (non-hydrogen) atoms. The van der Waals surface area contributed by atoms with Crippen LogP contribution in [0.15, 0.2) is 30.6 Å². The molecule has 3 amide bonds. The Balaban J connectivity index is 1.62. The van der Waals surface area contributed by atoms with Crippen molar-refractivity contribution in [3.05, 3.63) is 46.2 Å². The van der Waals surface area contributed by atoms with Gasteiger partial charge in [-0.15, -0.1) is 0 Å². The Kier molecular flexibility index (Phi) is 5.22. The molecule has 0 aliphatic carbocycles. The third-order valence-corrected chi connectivity index (χ3v) is 6.15. The molecule has 8 nitrogen and oxygen atoms in total. The number of hydrogen-bond acceptors (Lipinski definition) is 5. The highest BCUT2D eigenvalue weighted by Crippen LogP contribution is 2.25. The molecule has 1 aromatic carbocycles. The summed E-state index contributed by atoms with van der Waals surface area (Å²) in [5, 5.41) is 9.27. The van der Waals surface area contributed by atoms with Crippen LogP contribution in [0, 0.1) is 0 Å². The van der Waals surface area contributed by atoms with Crippen LogP contribution >= 0.6 is 23.2 Å². The molecule has 0 bridgehead atoms. The van der Waals surface area contributed by atoms with E-state index >= 15 is 0 Å². The van der Waals surface area contributed by atoms with E-state index in [2.05, 4.69) is 15.7 Å². The lowest BCUT2D eigenvalue weighted by atomic mass is 10.2. The maximum atomic E-state index is 12.1. The number of hydrogen-bond donors (Lipinski definition) is 2. The van der Waals surface area contributed by atoms with Gasteiger partial charge >= 0.3 is 6.03 Å². The van der Waals surface area contributed by atoms with Crippen molar-refractivity contribution in [2.24, 2.45) is 0 Å². The van der Waals surface area contributed by atoms with Gasteiger partial charge in [-0.05, 0) is 24.6 Å². The second-order valence-corrected chi connectivity index (χ2v) is 8.87. The van der Waals surface area contributed by atoms with E-state index in [1.54, 1.807) is 6.07 Å². The Labute approximate surface area is 159 Å². The topological polar surface area (TPSA) is 110 Å². The summed E-state index contributed by atoms with van der Waals surface area (Å²) in [6.45, 7) is 0. The van der Waals surface area contributed by atoms with E-state index < -0.39 is 21.8 Å². The van der Waals surface area contributed by atoms with Gasteiger partial charge in [0.1, 0.15) is 0 Å². The van der Waals surface area contributed by atoms with Gasteiger partial charge in [0, 0.05) is 11.2 Å². The molecule has 1 fully saturated rings. The molecule has 0 radical (unpaired) electrons. The molecule has 1 aromatic heterocycles. The molecule has 1 unspecified atom stereocenters. The maximum absolute atomic E-state index is 12.1. The molecular weight excluding hydrogens is 403 g/mol. The highest BCUT2D eigenvalue weighted by atomic mass is 35.5. The van der Waals surface area contributed by atoms with E-state index in [1.165, 1.54) is 29.2 Å². The van der Waals surface area contributed by atoms with E-state index in [1.807, 2.05) is 0 Å². The fourth-order valence-electron chi connectivity index (χ4n) is 2.56. The predicted octanol–water partition coefficient (Wildman–Crippen LogP) is 2.51. The van der Waals surface area contributed by atoms with E-state index in [0.29, 0.717) is 17.1 Å². The van der Waals surface area contributed by atoms with Crippen molar-refractivity contribution >= 4 is 50.7 Å². The molecule has 2 N–H and O–H groups in total. The summed E-state index contributed by atoms with van der Waals surface area (Å²) in [6, 6.07) is 3.44. The Morgan fingerprint density at radius 1 is 1.27 bits per heavy atom. The van der Waals surface area contributed by atoms with Crippen molar-refractivity contribution in [3.8, 4) is 0 Å². The van der Waals surface area contributed by atoms with Crippen LogP contribution in [0.5, 0.6) is 0 Å². The molecule has 1 saturated heterocycles. The third kappa shape index (κ3) is 4.35. The Morgan fingerprint density at radius 2 is 2.04 bits per heavy atom. The lowest BCUT2D eigenvalue weighted by molar-refractivity contribution is 0.0967. The lowest BCUT2D eigenvalue weighted by Crippen LogP contribution is -2.34. The first-order valence-corrected chi connectivity index (χ1v) is 10.1. The summed E-state index contributed by atoms with van der Waals surface area (Å²) in [6.07, 6.45) is 3.15. The number of anilines is 1. The van der Waals surface area contributed by atoms with Crippen LogP contribution in [0.2, 0.25) is 10.0 Å². The molecule has 3 rings (SSSR count). The van der Waals surface area contributed by atoms with Gasteiger partial charge in [0.25, 0.3) is 5.91 Å². The van der Waals surface area contributed by atoms with Crippen LogP contribution in [0.1, 0.15) is 22.8 Å². The summed E-state index contributed by atoms with van der Waals surface area (Å²) in [5.41, 5.74) is 0.444. The van der Waals surface area contributed by atoms with Gasteiger partial charge in [0.15, 0.2) is 9.84 Å². The number of nitrogens with one attached hydrogen (secondary N) is 2. The number of rotatable bonds is 3. The summed E-state index contributed by atoms with van der Waals surface area (Å²) < 4.78 is 24.5. The monoisotopic (exact) mass is 416 g/mol. The smallest absolute Gasteiger partial charge is 0.306 e. The van der Waals surface area contributed by atoms with Gasteiger partial charge in [-0.3, -0.25) is 14.8 Å². The van der Waals surface area contributed by atoms with Crippen molar-refractivity contribution < 1.29 is 18.0 Å². The predicted molar refractivity (Wildman–Crippen MR) is 97.5 cm³/mol. The molecule has 2 heterocycles. The largest absolute Gasteiger partial charge is 0.326 e. The second-order valence-electron chi connectivity index (χ2n) is 5.80. The van der Waals surface area contributed by atoms with Crippen LogP contribution in [-0.2, 0) is 9.84 Å². The molecule has 1 aliphatic heterocycles.